The Bertz CT molecular complexity index is 399. The number of carbonyl (C=O) groups excluding carboxylic acids is 1. The summed E-state index contributed by atoms with van der Waals surface area (Å²) in [7, 11) is 0. The summed E-state index contributed by atoms with van der Waals surface area (Å²) in [4.78, 5) is 11.8. The molecule has 0 aromatic heterocycles. The van der Waals surface area contributed by atoms with E-state index in [0.29, 0.717) is 18.4 Å². The van der Waals surface area contributed by atoms with Crippen LogP contribution in [-0.4, -0.2) is 25.2 Å². The molecule has 0 saturated carbocycles. The Balaban J connectivity index is 1.59. The molecule has 1 aliphatic rings. The number of nitrogens with one attached hydrogen (secondary N) is 1. The molecule has 1 aromatic carbocycles. The van der Waals surface area contributed by atoms with Gasteiger partial charge in [0, 0.05) is 19.6 Å². The van der Waals surface area contributed by atoms with E-state index in [-0.39, 0.29) is 5.91 Å². The van der Waals surface area contributed by atoms with Gasteiger partial charge in [-0.25, -0.2) is 0 Å². The fraction of sp³-hybridized carbons (Fsp3) is 0.588. The van der Waals surface area contributed by atoms with Gasteiger partial charge in [-0.3, -0.25) is 4.79 Å². The number of benzene rings is 1. The van der Waals surface area contributed by atoms with Gasteiger partial charge >= 0.3 is 0 Å². The van der Waals surface area contributed by atoms with Crippen LogP contribution in [0, 0.1) is 0 Å². The van der Waals surface area contributed by atoms with E-state index in [9.17, 15) is 4.79 Å². The monoisotopic (exact) mass is 275 g/mol. The molecule has 1 amide bonds. The SMILES string of the molecule is CC(CCNC(=O)CCC1CCCO1)c1ccccc1. The van der Waals surface area contributed by atoms with Crippen LogP contribution < -0.4 is 5.32 Å². The third-order valence-electron chi connectivity index (χ3n) is 3.99. The van der Waals surface area contributed by atoms with Crippen molar-refractivity contribution in [3.05, 3.63) is 35.9 Å². The molecule has 1 aliphatic heterocycles. The van der Waals surface area contributed by atoms with E-state index in [2.05, 4.69) is 36.5 Å². The van der Waals surface area contributed by atoms with Gasteiger partial charge in [0.2, 0.25) is 5.91 Å². The van der Waals surface area contributed by atoms with Crippen LogP contribution in [0.4, 0.5) is 0 Å². The second kappa shape index (κ2) is 8.05. The van der Waals surface area contributed by atoms with Crippen LogP contribution in [0.5, 0.6) is 0 Å². The molecule has 0 bridgehead atoms. The van der Waals surface area contributed by atoms with Crippen LogP contribution in [-0.2, 0) is 9.53 Å². The Hall–Kier alpha value is -1.35. The number of hydrogen-bond acceptors (Lipinski definition) is 2. The summed E-state index contributed by atoms with van der Waals surface area (Å²) in [6.07, 6.45) is 4.99. The molecule has 20 heavy (non-hydrogen) atoms. The van der Waals surface area contributed by atoms with Crippen molar-refractivity contribution in [2.75, 3.05) is 13.2 Å². The molecule has 1 saturated heterocycles. The second-order valence-corrected chi connectivity index (χ2v) is 5.62. The fourth-order valence-corrected chi connectivity index (χ4v) is 2.63. The lowest BCUT2D eigenvalue weighted by atomic mass is 9.98. The first-order chi connectivity index (χ1) is 9.75. The van der Waals surface area contributed by atoms with Crippen molar-refractivity contribution in [3.63, 3.8) is 0 Å². The summed E-state index contributed by atoms with van der Waals surface area (Å²) in [6.45, 7) is 3.81. The highest BCUT2D eigenvalue weighted by atomic mass is 16.5. The lowest BCUT2D eigenvalue weighted by molar-refractivity contribution is -0.121. The topological polar surface area (TPSA) is 38.3 Å². The predicted octanol–water partition coefficient (Wildman–Crippen LogP) is 3.26. The normalized spacial score (nSPS) is 19.8. The molecule has 3 heteroatoms. The molecular formula is C17H25NO2. The minimum Gasteiger partial charge on any atom is -0.378 e. The van der Waals surface area contributed by atoms with Crippen molar-refractivity contribution in [2.24, 2.45) is 0 Å². The molecule has 1 N–H and O–H groups in total. The Morgan fingerprint density at radius 3 is 2.90 bits per heavy atom. The first kappa shape index (κ1) is 15.0. The molecule has 3 nitrogen and oxygen atoms in total. The average molecular weight is 275 g/mol. The molecule has 2 unspecified atom stereocenters. The van der Waals surface area contributed by atoms with Gasteiger partial charge in [-0.1, -0.05) is 37.3 Å². The van der Waals surface area contributed by atoms with Gasteiger partial charge in [0.15, 0.2) is 0 Å². The minimum absolute atomic E-state index is 0.153. The van der Waals surface area contributed by atoms with Gasteiger partial charge in [-0.2, -0.15) is 0 Å². The molecule has 0 spiro atoms. The van der Waals surface area contributed by atoms with Crippen molar-refractivity contribution in [2.45, 2.75) is 51.0 Å². The Morgan fingerprint density at radius 1 is 1.40 bits per heavy atom. The van der Waals surface area contributed by atoms with Crippen molar-refractivity contribution in [3.8, 4) is 0 Å². The van der Waals surface area contributed by atoms with Crippen LogP contribution in [0.25, 0.3) is 0 Å². The number of ether oxygens (including phenoxy) is 1. The number of rotatable bonds is 7. The van der Waals surface area contributed by atoms with Crippen LogP contribution in [0.3, 0.4) is 0 Å². The Kier molecular flexibility index (Phi) is 6.06. The number of carbonyl (C=O) groups is 1. The quantitative estimate of drug-likeness (QED) is 0.829. The molecule has 1 fully saturated rings. The van der Waals surface area contributed by atoms with E-state index >= 15 is 0 Å². The highest BCUT2D eigenvalue weighted by Gasteiger charge is 2.16. The number of amides is 1. The van der Waals surface area contributed by atoms with Gasteiger partial charge in [0.1, 0.15) is 0 Å². The van der Waals surface area contributed by atoms with Gasteiger partial charge in [0.25, 0.3) is 0 Å². The van der Waals surface area contributed by atoms with E-state index in [1.165, 1.54) is 5.56 Å². The van der Waals surface area contributed by atoms with Gasteiger partial charge in [0.05, 0.1) is 6.10 Å². The first-order valence-corrected chi connectivity index (χ1v) is 7.69. The maximum Gasteiger partial charge on any atom is 0.220 e. The van der Waals surface area contributed by atoms with Crippen LogP contribution in [0.15, 0.2) is 30.3 Å². The van der Waals surface area contributed by atoms with E-state index in [1.54, 1.807) is 0 Å². The molecule has 1 heterocycles. The van der Waals surface area contributed by atoms with Crippen molar-refractivity contribution < 1.29 is 9.53 Å². The van der Waals surface area contributed by atoms with Crippen LogP contribution in [0.1, 0.15) is 50.5 Å². The summed E-state index contributed by atoms with van der Waals surface area (Å²) in [5, 5.41) is 3.01. The van der Waals surface area contributed by atoms with E-state index < -0.39 is 0 Å². The molecule has 110 valence electrons. The molecular weight excluding hydrogens is 250 g/mol. The predicted molar refractivity (Wildman–Crippen MR) is 80.7 cm³/mol. The summed E-state index contributed by atoms with van der Waals surface area (Å²) in [5.74, 6) is 0.635. The molecule has 0 radical (unpaired) electrons. The van der Waals surface area contributed by atoms with Gasteiger partial charge < -0.3 is 10.1 Å². The third kappa shape index (κ3) is 4.97. The highest BCUT2D eigenvalue weighted by Crippen LogP contribution is 2.18. The zero-order valence-electron chi connectivity index (χ0n) is 12.3. The van der Waals surface area contributed by atoms with Crippen molar-refractivity contribution >= 4 is 5.91 Å². The van der Waals surface area contributed by atoms with Gasteiger partial charge in [-0.15, -0.1) is 0 Å². The summed E-state index contributed by atoms with van der Waals surface area (Å²) >= 11 is 0. The van der Waals surface area contributed by atoms with E-state index in [1.807, 2.05) is 6.07 Å². The van der Waals surface area contributed by atoms with Gasteiger partial charge in [-0.05, 0) is 37.2 Å². The Morgan fingerprint density at radius 2 is 2.20 bits per heavy atom. The minimum atomic E-state index is 0.153. The summed E-state index contributed by atoms with van der Waals surface area (Å²) < 4.78 is 5.52. The zero-order chi connectivity index (χ0) is 14.2. The summed E-state index contributed by atoms with van der Waals surface area (Å²) in [5.41, 5.74) is 1.33. The van der Waals surface area contributed by atoms with Crippen LogP contribution in [0.2, 0.25) is 0 Å². The molecule has 1 aromatic rings. The molecule has 2 rings (SSSR count). The lowest BCUT2D eigenvalue weighted by Crippen LogP contribution is -2.26. The standard InChI is InChI=1S/C17H25NO2/c1-14(15-6-3-2-4-7-15)11-12-18-17(19)10-9-16-8-5-13-20-16/h2-4,6-7,14,16H,5,8-13H2,1H3,(H,18,19). The van der Waals surface area contributed by atoms with Crippen molar-refractivity contribution in [1.29, 1.82) is 0 Å². The first-order valence-electron chi connectivity index (χ1n) is 7.69. The third-order valence-corrected chi connectivity index (χ3v) is 3.99. The van der Waals surface area contributed by atoms with Crippen LogP contribution >= 0.6 is 0 Å². The molecule has 0 aliphatic carbocycles. The summed E-state index contributed by atoms with van der Waals surface area (Å²) in [6, 6.07) is 10.4. The number of hydrogen-bond donors (Lipinski definition) is 1. The average Bonchev–Trinajstić information content (AvgIpc) is 2.99. The Labute approximate surface area is 121 Å². The maximum atomic E-state index is 11.8. The highest BCUT2D eigenvalue weighted by molar-refractivity contribution is 5.75. The van der Waals surface area contributed by atoms with Crippen molar-refractivity contribution in [1.82, 2.24) is 5.32 Å². The second-order valence-electron chi connectivity index (χ2n) is 5.62. The largest absolute Gasteiger partial charge is 0.378 e. The fourth-order valence-electron chi connectivity index (χ4n) is 2.63. The zero-order valence-corrected chi connectivity index (χ0v) is 12.3. The van der Waals surface area contributed by atoms with E-state index in [0.717, 1.165) is 38.8 Å². The molecule has 2 atom stereocenters. The maximum absolute atomic E-state index is 11.8. The lowest BCUT2D eigenvalue weighted by Gasteiger charge is -2.13. The smallest absolute Gasteiger partial charge is 0.220 e. The van der Waals surface area contributed by atoms with E-state index in [4.69, 9.17) is 4.74 Å².